The molecule has 0 aliphatic carbocycles. The third-order valence-corrected chi connectivity index (χ3v) is 4.21. The first kappa shape index (κ1) is 15.5. The fourth-order valence-electron chi connectivity index (χ4n) is 1.85. The van der Waals surface area contributed by atoms with Crippen molar-refractivity contribution in [2.75, 3.05) is 24.7 Å². The molecule has 3 heteroatoms. The van der Waals surface area contributed by atoms with Gasteiger partial charge in [-0.3, -0.25) is 0 Å². The summed E-state index contributed by atoms with van der Waals surface area (Å²) in [5, 5.41) is 12.2. The molecule has 18 heavy (non-hydrogen) atoms. The second kappa shape index (κ2) is 8.57. The van der Waals surface area contributed by atoms with E-state index in [9.17, 15) is 0 Å². The first-order valence-corrected chi connectivity index (χ1v) is 7.76. The van der Waals surface area contributed by atoms with Gasteiger partial charge in [-0.1, -0.05) is 12.1 Å². The van der Waals surface area contributed by atoms with Crippen LogP contribution in [0.2, 0.25) is 0 Å². The van der Waals surface area contributed by atoms with E-state index in [1.54, 1.807) is 0 Å². The van der Waals surface area contributed by atoms with Crippen molar-refractivity contribution < 1.29 is 5.11 Å². The van der Waals surface area contributed by atoms with Crippen LogP contribution in [0.5, 0.6) is 0 Å². The molecule has 0 radical (unpaired) electrons. The average Bonchev–Trinajstić information content (AvgIpc) is 2.34. The molecule has 0 aliphatic heterocycles. The van der Waals surface area contributed by atoms with Crippen LogP contribution in [0.3, 0.4) is 0 Å². The second-order valence-corrected chi connectivity index (χ2v) is 5.95. The third kappa shape index (κ3) is 5.42. The number of aliphatic hydroxyl groups excluding tert-OH is 1. The van der Waals surface area contributed by atoms with E-state index in [2.05, 4.69) is 38.2 Å². The number of thioether (sulfide) groups is 1. The molecule has 1 aromatic carbocycles. The van der Waals surface area contributed by atoms with Gasteiger partial charge in [0.2, 0.25) is 0 Å². The molecule has 1 rings (SSSR count). The predicted molar refractivity (Wildman–Crippen MR) is 81.4 cm³/mol. The minimum Gasteiger partial charge on any atom is -0.396 e. The van der Waals surface area contributed by atoms with Crippen molar-refractivity contribution >= 4 is 11.8 Å². The van der Waals surface area contributed by atoms with Gasteiger partial charge in [0.1, 0.15) is 0 Å². The zero-order chi connectivity index (χ0) is 13.4. The van der Waals surface area contributed by atoms with E-state index in [1.165, 1.54) is 22.3 Å². The molecule has 0 spiro atoms. The van der Waals surface area contributed by atoms with E-state index >= 15 is 0 Å². The van der Waals surface area contributed by atoms with Crippen LogP contribution in [0, 0.1) is 20.8 Å². The highest BCUT2D eigenvalue weighted by atomic mass is 32.2. The lowest BCUT2D eigenvalue weighted by atomic mass is 10.0. The number of nitrogens with one attached hydrogen (secondary N) is 1. The monoisotopic (exact) mass is 267 g/mol. The smallest absolute Gasteiger partial charge is 0.0438 e. The molecule has 1 aromatic rings. The Labute approximate surface area is 115 Å². The molecule has 0 aliphatic rings. The molecule has 0 amide bonds. The summed E-state index contributed by atoms with van der Waals surface area (Å²) >= 11 is 1.90. The van der Waals surface area contributed by atoms with Gasteiger partial charge in [-0.25, -0.2) is 0 Å². The summed E-state index contributed by atoms with van der Waals surface area (Å²) in [6, 6.07) is 4.55. The molecule has 0 unspecified atom stereocenters. The van der Waals surface area contributed by atoms with Crippen LogP contribution in [-0.4, -0.2) is 29.8 Å². The van der Waals surface area contributed by atoms with Gasteiger partial charge < -0.3 is 10.4 Å². The Morgan fingerprint density at radius 1 is 1.06 bits per heavy atom. The van der Waals surface area contributed by atoms with Crippen LogP contribution in [0.1, 0.15) is 28.7 Å². The van der Waals surface area contributed by atoms with E-state index in [0.29, 0.717) is 6.61 Å². The molecule has 2 nitrogen and oxygen atoms in total. The largest absolute Gasteiger partial charge is 0.396 e. The highest BCUT2D eigenvalue weighted by Crippen LogP contribution is 2.15. The third-order valence-electron chi connectivity index (χ3n) is 3.14. The van der Waals surface area contributed by atoms with E-state index in [0.717, 1.165) is 31.0 Å². The van der Waals surface area contributed by atoms with Crippen LogP contribution in [0.25, 0.3) is 0 Å². The van der Waals surface area contributed by atoms with Crippen molar-refractivity contribution in [1.82, 2.24) is 5.32 Å². The second-order valence-electron chi connectivity index (χ2n) is 4.73. The SMILES string of the molecule is Cc1cc(C)c(CNCCSCCCO)cc1C. The molecule has 0 bridgehead atoms. The minimum absolute atomic E-state index is 0.308. The zero-order valence-electron chi connectivity index (χ0n) is 11.8. The van der Waals surface area contributed by atoms with E-state index in [1.807, 2.05) is 11.8 Å². The molecule has 102 valence electrons. The maximum atomic E-state index is 8.67. The summed E-state index contributed by atoms with van der Waals surface area (Å²) in [6.07, 6.45) is 0.904. The molecular formula is C15H25NOS. The topological polar surface area (TPSA) is 32.3 Å². The summed E-state index contributed by atoms with van der Waals surface area (Å²) in [5.74, 6) is 2.17. The van der Waals surface area contributed by atoms with E-state index < -0.39 is 0 Å². The van der Waals surface area contributed by atoms with Crippen molar-refractivity contribution in [3.63, 3.8) is 0 Å². The number of rotatable bonds is 8. The van der Waals surface area contributed by atoms with Gasteiger partial charge in [0.25, 0.3) is 0 Å². The summed E-state index contributed by atoms with van der Waals surface area (Å²) in [5.41, 5.74) is 5.52. The minimum atomic E-state index is 0.308. The molecule has 0 saturated heterocycles. The molecule has 0 aromatic heterocycles. The van der Waals surface area contributed by atoms with Crippen LogP contribution in [-0.2, 0) is 6.54 Å². The highest BCUT2D eigenvalue weighted by molar-refractivity contribution is 7.99. The van der Waals surface area contributed by atoms with Crippen molar-refractivity contribution in [2.45, 2.75) is 33.7 Å². The van der Waals surface area contributed by atoms with Gasteiger partial charge in [0.15, 0.2) is 0 Å². The fraction of sp³-hybridized carbons (Fsp3) is 0.600. The van der Waals surface area contributed by atoms with Gasteiger partial charge in [-0.05, 0) is 55.2 Å². The summed E-state index contributed by atoms with van der Waals surface area (Å²) in [7, 11) is 0. The first-order chi connectivity index (χ1) is 8.65. The number of hydrogen-bond donors (Lipinski definition) is 2. The predicted octanol–water partition coefficient (Wildman–Crippen LogP) is 2.82. The quantitative estimate of drug-likeness (QED) is 0.710. The number of aryl methyl sites for hydroxylation is 3. The summed E-state index contributed by atoms with van der Waals surface area (Å²) < 4.78 is 0. The molecule has 0 heterocycles. The fourth-order valence-corrected chi connectivity index (χ4v) is 2.67. The normalized spacial score (nSPS) is 10.9. The first-order valence-electron chi connectivity index (χ1n) is 6.61. The lowest BCUT2D eigenvalue weighted by Crippen LogP contribution is -2.17. The number of hydrogen-bond acceptors (Lipinski definition) is 3. The van der Waals surface area contributed by atoms with Gasteiger partial charge in [-0.15, -0.1) is 0 Å². The van der Waals surface area contributed by atoms with E-state index in [4.69, 9.17) is 5.11 Å². The van der Waals surface area contributed by atoms with Crippen LogP contribution in [0.4, 0.5) is 0 Å². The van der Waals surface area contributed by atoms with Crippen LogP contribution in [0.15, 0.2) is 12.1 Å². The maximum absolute atomic E-state index is 8.67. The number of benzene rings is 1. The Morgan fingerprint density at radius 2 is 1.78 bits per heavy atom. The zero-order valence-corrected chi connectivity index (χ0v) is 12.6. The van der Waals surface area contributed by atoms with Gasteiger partial charge in [0, 0.05) is 25.4 Å². The molecule has 0 fully saturated rings. The maximum Gasteiger partial charge on any atom is 0.0438 e. The van der Waals surface area contributed by atoms with Crippen molar-refractivity contribution in [2.24, 2.45) is 0 Å². The summed E-state index contributed by atoms with van der Waals surface area (Å²) in [6.45, 7) is 8.80. The van der Waals surface area contributed by atoms with Crippen molar-refractivity contribution in [1.29, 1.82) is 0 Å². The standard InChI is InChI=1S/C15H25NOS/c1-12-9-14(3)15(10-13(12)2)11-16-5-8-18-7-4-6-17/h9-10,16-17H,4-8,11H2,1-3H3. The van der Waals surface area contributed by atoms with Crippen LogP contribution < -0.4 is 5.32 Å². The molecular weight excluding hydrogens is 242 g/mol. The Bertz CT molecular complexity index is 366. The van der Waals surface area contributed by atoms with Gasteiger partial charge in [0.05, 0.1) is 0 Å². The molecule has 2 N–H and O–H groups in total. The Balaban J connectivity index is 2.25. The van der Waals surface area contributed by atoms with E-state index in [-0.39, 0.29) is 0 Å². The molecule has 0 saturated carbocycles. The van der Waals surface area contributed by atoms with Crippen LogP contribution >= 0.6 is 11.8 Å². The van der Waals surface area contributed by atoms with Crippen molar-refractivity contribution in [3.05, 3.63) is 34.4 Å². The van der Waals surface area contributed by atoms with Gasteiger partial charge >= 0.3 is 0 Å². The van der Waals surface area contributed by atoms with Crippen molar-refractivity contribution in [3.8, 4) is 0 Å². The Kier molecular flexibility index (Phi) is 7.40. The lowest BCUT2D eigenvalue weighted by molar-refractivity contribution is 0.296. The average molecular weight is 267 g/mol. The summed E-state index contributed by atoms with van der Waals surface area (Å²) in [4.78, 5) is 0. The number of aliphatic hydroxyl groups is 1. The highest BCUT2D eigenvalue weighted by Gasteiger charge is 2.01. The Morgan fingerprint density at radius 3 is 2.50 bits per heavy atom. The van der Waals surface area contributed by atoms with Gasteiger partial charge in [-0.2, -0.15) is 11.8 Å². The molecule has 0 atom stereocenters. The Hall–Kier alpha value is -0.510. The lowest BCUT2D eigenvalue weighted by Gasteiger charge is -2.11.